The number of fused-ring (bicyclic) bond motifs is 4. The first kappa shape index (κ1) is 24.2. The molecular weight excluding hydrogens is 510 g/mol. The summed E-state index contributed by atoms with van der Waals surface area (Å²) in [5.41, 5.74) is 9.82. The SMILES string of the molecule is c1ccc(-c2ccc(-c3cccc4ccccc34)cc2N(c2ccccc2)c2ccc3oc4ccccc4c3c2)cc1. The summed E-state index contributed by atoms with van der Waals surface area (Å²) in [4.78, 5) is 2.37. The van der Waals surface area contributed by atoms with Crippen LogP contribution in [0.4, 0.5) is 17.1 Å². The summed E-state index contributed by atoms with van der Waals surface area (Å²) in [6.45, 7) is 0. The van der Waals surface area contributed by atoms with Crippen molar-refractivity contribution in [1.29, 1.82) is 0 Å². The molecule has 2 heteroatoms. The summed E-state index contributed by atoms with van der Waals surface area (Å²) in [7, 11) is 0. The fourth-order valence-corrected chi connectivity index (χ4v) is 6.08. The number of para-hydroxylation sites is 2. The van der Waals surface area contributed by atoms with Crippen LogP contribution in [0.5, 0.6) is 0 Å². The van der Waals surface area contributed by atoms with Gasteiger partial charge in [0.1, 0.15) is 11.2 Å². The summed E-state index contributed by atoms with van der Waals surface area (Å²) in [6, 6.07) is 58.1. The largest absolute Gasteiger partial charge is 0.456 e. The molecule has 0 unspecified atom stereocenters. The van der Waals surface area contributed by atoms with Crippen molar-refractivity contribution in [3.05, 3.63) is 164 Å². The van der Waals surface area contributed by atoms with Crippen LogP contribution in [0.1, 0.15) is 0 Å². The minimum absolute atomic E-state index is 0.890. The van der Waals surface area contributed by atoms with E-state index in [-0.39, 0.29) is 0 Å². The molecule has 7 aromatic carbocycles. The molecule has 2 nitrogen and oxygen atoms in total. The topological polar surface area (TPSA) is 16.4 Å². The monoisotopic (exact) mass is 537 g/mol. The zero-order chi connectivity index (χ0) is 27.9. The molecule has 0 atom stereocenters. The van der Waals surface area contributed by atoms with Crippen LogP contribution in [0.2, 0.25) is 0 Å². The molecule has 0 N–H and O–H groups in total. The predicted octanol–water partition coefficient (Wildman–Crippen LogP) is 11.5. The number of hydrogen-bond donors (Lipinski definition) is 0. The molecule has 42 heavy (non-hydrogen) atoms. The molecule has 198 valence electrons. The van der Waals surface area contributed by atoms with Crippen molar-refractivity contribution in [3.63, 3.8) is 0 Å². The Bertz CT molecular complexity index is 2190. The first-order valence-electron chi connectivity index (χ1n) is 14.3. The van der Waals surface area contributed by atoms with Gasteiger partial charge < -0.3 is 9.32 Å². The lowest BCUT2D eigenvalue weighted by molar-refractivity contribution is 0.669. The van der Waals surface area contributed by atoms with Crippen LogP contribution in [0.3, 0.4) is 0 Å². The first-order chi connectivity index (χ1) is 20.8. The van der Waals surface area contributed by atoms with E-state index < -0.39 is 0 Å². The van der Waals surface area contributed by atoms with Crippen LogP contribution in [0.15, 0.2) is 168 Å². The van der Waals surface area contributed by atoms with E-state index in [0.717, 1.165) is 39.0 Å². The second-order valence-electron chi connectivity index (χ2n) is 10.6. The van der Waals surface area contributed by atoms with Crippen molar-refractivity contribution in [2.24, 2.45) is 0 Å². The van der Waals surface area contributed by atoms with Gasteiger partial charge in [-0.05, 0) is 69.9 Å². The third-order valence-electron chi connectivity index (χ3n) is 8.06. The Morgan fingerprint density at radius 2 is 1.07 bits per heavy atom. The van der Waals surface area contributed by atoms with Gasteiger partial charge in [0, 0.05) is 27.7 Å². The molecule has 8 rings (SSSR count). The van der Waals surface area contributed by atoms with Gasteiger partial charge in [0.15, 0.2) is 0 Å². The quantitative estimate of drug-likeness (QED) is 0.217. The highest BCUT2D eigenvalue weighted by Gasteiger charge is 2.20. The van der Waals surface area contributed by atoms with Gasteiger partial charge in [-0.25, -0.2) is 0 Å². The molecule has 8 aromatic rings. The maximum absolute atomic E-state index is 6.19. The standard InChI is InChI=1S/C40H27NO/c1-3-12-29(13-4-1)35-24-22-30(34-20-11-15-28-14-7-8-18-33(28)34)26-38(35)41(31-16-5-2-6-17-31)32-23-25-40-37(27-32)36-19-9-10-21-39(36)42-40/h1-27H. The summed E-state index contributed by atoms with van der Waals surface area (Å²) >= 11 is 0. The molecule has 1 aromatic heterocycles. The van der Waals surface area contributed by atoms with Gasteiger partial charge >= 0.3 is 0 Å². The van der Waals surface area contributed by atoms with E-state index in [0.29, 0.717) is 0 Å². The molecule has 0 radical (unpaired) electrons. The summed E-state index contributed by atoms with van der Waals surface area (Å²) in [5, 5.41) is 4.71. The fourth-order valence-electron chi connectivity index (χ4n) is 6.08. The molecule has 0 spiro atoms. The summed E-state index contributed by atoms with van der Waals surface area (Å²) in [5.74, 6) is 0. The van der Waals surface area contributed by atoms with E-state index >= 15 is 0 Å². The third-order valence-corrected chi connectivity index (χ3v) is 8.06. The van der Waals surface area contributed by atoms with Crippen LogP contribution in [-0.2, 0) is 0 Å². The Morgan fingerprint density at radius 1 is 0.381 bits per heavy atom. The second-order valence-corrected chi connectivity index (χ2v) is 10.6. The van der Waals surface area contributed by atoms with Crippen molar-refractivity contribution in [1.82, 2.24) is 0 Å². The van der Waals surface area contributed by atoms with E-state index in [2.05, 4.69) is 157 Å². The maximum Gasteiger partial charge on any atom is 0.135 e. The Hall–Kier alpha value is -5.60. The highest BCUT2D eigenvalue weighted by Crippen LogP contribution is 2.44. The van der Waals surface area contributed by atoms with Crippen molar-refractivity contribution in [2.45, 2.75) is 0 Å². The molecule has 0 saturated carbocycles. The van der Waals surface area contributed by atoms with E-state index in [4.69, 9.17) is 4.42 Å². The van der Waals surface area contributed by atoms with Crippen molar-refractivity contribution < 1.29 is 4.42 Å². The minimum atomic E-state index is 0.890. The van der Waals surface area contributed by atoms with Crippen molar-refractivity contribution in [2.75, 3.05) is 4.90 Å². The van der Waals surface area contributed by atoms with Gasteiger partial charge in [-0.3, -0.25) is 0 Å². The Labute approximate surface area is 244 Å². The summed E-state index contributed by atoms with van der Waals surface area (Å²) < 4.78 is 6.19. The number of nitrogens with zero attached hydrogens (tertiary/aromatic N) is 1. The van der Waals surface area contributed by atoms with Crippen LogP contribution in [0, 0.1) is 0 Å². The van der Waals surface area contributed by atoms with Crippen LogP contribution < -0.4 is 4.90 Å². The number of furan rings is 1. The first-order valence-corrected chi connectivity index (χ1v) is 14.3. The molecule has 0 saturated heterocycles. The Balaban J connectivity index is 1.41. The van der Waals surface area contributed by atoms with Crippen molar-refractivity contribution in [3.8, 4) is 22.3 Å². The van der Waals surface area contributed by atoms with Gasteiger partial charge in [-0.2, -0.15) is 0 Å². The van der Waals surface area contributed by atoms with Gasteiger partial charge in [0.2, 0.25) is 0 Å². The molecule has 0 aliphatic carbocycles. The van der Waals surface area contributed by atoms with E-state index in [1.54, 1.807) is 0 Å². The average Bonchev–Trinajstić information content (AvgIpc) is 3.44. The smallest absolute Gasteiger partial charge is 0.135 e. The number of anilines is 3. The number of rotatable bonds is 5. The Morgan fingerprint density at radius 3 is 1.93 bits per heavy atom. The molecular formula is C40H27NO. The molecule has 0 aliphatic rings. The van der Waals surface area contributed by atoms with Gasteiger partial charge in [-0.15, -0.1) is 0 Å². The summed E-state index contributed by atoms with van der Waals surface area (Å²) in [6.07, 6.45) is 0. The Kier molecular flexibility index (Phi) is 5.82. The normalized spacial score (nSPS) is 11.3. The molecule has 0 aliphatic heterocycles. The van der Waals surface area contributed by atoms with Gasteiger partial charge in [0.05, 0.1) is 5.69 Å². The molecule has 0 bridgehead atoms. The number of benzene rings is 7. The number of hydrogen-bond acceptors (Lipinski definition) is 2. The van der Waals surface area contributed by atoms with Crippen LogP contribution in [0.25, 0.3) is 55.0 Å². The third kappa shape index (κ3) is 4.13. The second kappa shape index (κ2) is 10.1. The van der Waals surface area contributed by atoms with Crippen LogP contribution in [-0.4, -0.2) is 0 Å². The highest BCUT2D eigenvalue weighted by atomic mass is 16.3. The lowest BCUT2D eigenvalue weighted by Crippen LogP contribution is -2.11. The van der Waals surface area contributed by atoms with E-state index in [9.17, 15) is 0 Å². The minimum Gasteiger partial charge on any atom is -0.456 e. The highest BCUT2D eigenvalue weighted by molar-refractivity contribution is 6.07. The lowest BCUT2D eigenvalue weighted by atomic mass is 9.94. The van der Waals surface area contributed by atoms with Gasteiger partial charge in [0.25, 0.3) is 0 Å². The van der Waals surface area contributed by atoms with Gasteiger partial charge in [-0.1, -0.05) is 121 Å². The zero-order valence-electron chi connectivity index (χ0n) is 22.9. The average molecular weight is 538 g/mol. The molecule has 1 heterocycles. The van der Waals surface area contributed by atoms with E-state index in [1.165, 1.54) is 33.0 Å². The van der Waals surface area contributed by atoms with Crippen LogP contribution >= 0.6 is 0 Å². The maximum atomic E-state index is 6.19. The fraction of sp³-hybridized carbons (Fsp3) is 0. The van der Waals surface area contributed by atoms with E-state index in [1.807, 2.05) is 12.1 Å². The lowest BCUT2D eigenvalue weighted by Gasteiger charge is -2.28. The molecule has 0 amide bonds. The van der Waals surface area contributed by atoms with Crippen molar-refractivity contribution >= 4 is 49.8 Å². The predicted molar refractivity (Wildman–Crippen MR) is 177 cm³/mol. The molecule has 0 fully saturated rings. The zero-order valence-corrected chi connectivity index (χ0v) is 22.9.